The van der Waals surface area contributed by atoms with Crippen LogP contribution in [0, 0.1) is 0 Å². The van der Waals surface area contributed by atoms with E-state index in [-0.39, 0.29) is 18.1 Å². The van der Waals surface area contributed by atoms with Gasteiger partial charge in [-0.05, 0) is 38.3 Å². The van der Waals surface area contributed by atoms with E-state index in [1.54, 1.807) is 17.8 Å². The molecule has 0 N–H and O–H groups in total. The zero-order valence-corrected chi connectivity index (χ0v) is 12.9. The van der Waals surface area contributed by atoms with Crippen molar-refractivity contribution in [1.82, 2.24) is 4.90 Å². The van der Waals surface area contributed by atoms with Crippen molar-refractivity contribution in [2.24, 2.45) is 0 Å². The minimum atomic E-state index is -0.0112. The summed E-state index contributed by atoms with van der Waals surface area (Å²) in [7, 11) is 0. The van der Waals surface area contributed by atoms with Gasteiger partial charge in [-0.2, -0.15) is 0 Å². The van der Waals surface area contributed by atoms with Crippen LogP contribution in [-0.2, 0) is 4.74 Å². The Morgan fingerprint density at radius 2 is 2.00 bits per heavy atom. The lowest BCUT2D eigenvalue weighted by molar-refractivity contribution is -0.0586. The van der Waals surface area contributed by atoms with Gasteiger partial charge >= 0.3 is 0 Å². The van der Waals surface area contributed by atoms with Crippen molar-refractivity contribution in [3.63, 3.8) is 0 Å². The van der Waals surface area contributed by atoms with E-state index in [1.165, 1.54) is 0 Å². The highest BCUT2D eigenvalue weighted by molar-refractivity contribution is 7.98. The van der Waals surface area contributed by atoms with E-state index in [4.69, 9.17) is 16.3 Å². The summed E-state index contributed by atoms with van der Waals surface area (Å²) >= 11 is 7.75. The zero-order valence-electron chi connectivity index (χ0n) is 11.4. The molecule has 3 nitrogen and oxygen atoms in total. The van der Waals surface area contributed by atoms with Crippen molar-refractivity contribution in [2.75, 3.05) is 19.3 Å². The molecule has 0 spiro atoms. The number of rotatable bonds is 2. The summed E-state index contributed by atoms with van der Waals surface area (Å²) in [5.41, 5.74) is 0.579. The first kappa shape index (κ1) is 14.7. The second kappa shape index (κ2) is 6.16. The maximum atomic E-state index is 12.6. The predicted molar refractivity (Wildman–Crippen MR) is 79.1 cm³/mol. The smallest absolute Gasteiger partial charge is 0.255 e. The molecule has 1 saturated heterocycles. The van der Waals surface area contributed by atoms with Crippen molar-refractivity contribution >= 4 is 29.3 Å². The average Bonchev–Trinajstić information content (AvgIpc) is 2.37. The Bertz CT molecular complexity index is 471. The minimum Gasteiger partial charge on any atom is -0.372 e. The molecule has 1 aliphatic heterocycles. The van der Waals surface area contributed by atoms with Crippen LogP contribution in [0.1, 0.15) is 24.2 Å². The molecule has 1 aromatic rings. The first-order chi connectivity index (χ1) is 9.01. The van der Waals surface area contributed by atoms with Gasteiger partial charge in [0.15, 0.2) is 0 Å². The molecule has 104 valence electrons. The van der Waals surface area contributed by atoms with Crippen molar-refractivity contribution in [3.05, 3.63) is 28.8 Å². The van der Waals surface area contributed by atoms with Gasteiger partial charge in [-0.3, -0.25) is 4.79 Å². The lowest BCUT2D eigenvalue weighted by atomic mass is 10.1. The van der Waals surface area contributed by atoms with E-state index in [9.17, 15) is 4.79 Å². The third kappa shape index (κ3) is 3.44. The fraction of sp³-hybridized carbons (Fsp3) is 0.500. The topological polar surface area (TPSA) is 29.5 Å². The number of hydrogen-bond donors (Lipinski definition) is 0. The number of ether oxygens (including phenoxy) is 1. The Balaban J connectivity index is 2.23. The average molecular weight is 300 g/mol. The number of carbonyl (C=O) groups is 1. The van der Waals surface area contributed by atoms with Crippen molar-refractivity contribution in [3.8, 4) is 0 Å². The molecule has 0 saturated carbocycles. The lowest BCUT2D eigenvalue weighted by Gasteiger charge is -2.35. The van der Waals surface area contributed by atoms with Gasteiger partial charge in [-0.25, -0.2) is 0 Å². The molecule has 0 aromatic heterocycles. The van der Waals surface area contributed by atoms with Crippen LogP contribution in [0.4, 0.5) is 0 Å². The van der Waals surface area contributed by atoms with Gasteiger partial charge < -0.3 is 9.64 Å². The number of hydrogen-bond acceptors (Lipinski definition) is 3. The maximum Gasteiger partial charge on any atom is 0.255 e. The molecule has 1 heterocycles. The quantitative estimate of drug-likeness (QED) is 0.785. The number of amides is 1. The Morgan fingerprint density at radius 1 is 1.37 bits per heavy atom. The van der Waals surface area contributed by atoms with E-state index in [0.29, 0.717) is 23.7 Å². The molecule has 0 aliphatic carbocycles. The highest BCUT2D eigenvalue weighted by Crippen LogP contribution is 2.25. The van der Waals surface area contributed by atoms with Crippen LogP contribution >= 0.6 is 23.4 Å². The molecule has 5 heteroatoms. The molecule has 1 fully saturated rings. The van der Waals surface area contributed by atoms with Crippen LogP contribution in [0.3, 0.4) is 0 Å². The van der Waals surface area contributed by atoms with Crippen molar-refractivity contribution < 1.29 is 9.53 Å². The number of benzene rings is 1. The molecular weight excluding hydrogens is 282 g/mol. The van der Waals surface area contributed by atoms with Crippen LogP contribution in [0.25, 0.3) is 0 Å². The van der Waals surface area contributed by atoms with E-state index >= 15 is 0 Å². The number of nitrogens with zero attached hydrogens (tertiary/aromatic N) is 1. The Kier molecular flexibility index (Phi) is 4.76. The van der Waals surface area contributed by atoms with Gasteiger partial charge in [-0.15, -0.1) is 11.8 Å². The van der Waals surface area contributed by atoms with Gasteiger partial charge in [0.25, 0.3) is 5.91 Å². The molecule has 1 aromatic carbocycles. The number of thioether (sulfide) groups is 1. The first-order valence-electron chi connectivity index (χ1n) is 6.29. The SMILES string of the molecule is CSc1ccc(Cl)c(C(=O)N2C[C@H](C)O[C@@H](C)C2)c1. The molecule has 2 atom stereocenters. The molecule has 0 unspecified atom stereocenters. The summed E-state index contributed by atoms with van der Waals surface area (Å²) in [6, 6.07) is 5.57. The monoisotopic (exact) mass is 299 g/mol. The summed E-state index contributed by atoms with van der Waals surface area (Å²) in [4.78, 5) is 15.4. The summed E-state index contributed by atoms with van der Waals surface area (Å²) in [5, 5.41) is 0.509. The van der Waals surface area contributed by atoms with Gasteiger partial charge in [0.1, 0.15) is 0 Å². The summed E-state index contributed by atoms with van der Waals surface area (Å²) < 4.78 is 5.65. The summed E-state index contributed by atoms with van der Waals surface area (Å²) in [6.07, 6.45) is 2.11. The molecule has 1 aliphatic rings. The van der Waals surface area contributed by atoms with Crippen LogP contribution in [0.5, 0.6) is 0 Å². The predicted octanol–water partition coefficient (Wildman–Crippen LogP) is 3.31. The molecule has 2 rings (SSSR count). The zero-order chi connectivity index (χ0) is 14.0. The lowest BCUT2D eigenvalue weighted by Crippen LogP contribution is -2.48. The summed E-state index contributed by atoms with van der Waals surface area (Å²) in [6.45, 7) is 5.19. The molecule has 19 heavy (non-hydrogen) atoms. The molecule has 0 bridgehead atoms. The highest BCUT2D eigenvalue weighted by atomic mass is 35.5. The highest BCUT2D eigenvalue weighted by Gasteiger charge is 2.27. The van der Waals surface area contributed by atoms with Gasteiger partial charge in [0.05, 0.1) is 22.8 Å². The molecule has 1 amide bonds. The van der Waals surface area contributed by atoms with Gasteiger partial charge in [0, 0.05) is 18.0 Å². The number of morpholine rings is 1. The van der Waals surface area contributed by atoms with Crippen LogP contribution in [0.2, 0.25) is 5.02 Å². The third-order valence-electron chi connectivity index (χ3n) is 3.11. The van der Waals surface area contributed by atoms with Crippen LogP contribution in [0.15, 0.2) is 23.1 Å². The number of halogens is 1. The Hall–Kier alpha value is -0.710. The second-order valence-electron chi connectivity index (χ2n) is 4.81. The van der Waals surface area contributed by atoms with E-state index < -0.39 is 0 Å². The van der Waals surface area contributed by atoms with Gasteiger partial charge in [-0.1, -0.05) is 11.6 Å². The molecular formula is C14H18ClNO2S. The van der Waals surface area contributed by atoms with Crippen molar-refractivity contribution in [2.45, 2.75) is 31.0 Å². The maximum absolute atomic E-state index is 12.6. The molecule has 0 radical (unpaired) electrons. The first-order valence-corrected chi connectivity index (χ1v) is 7.89. The second-order valence-corrected chi connectivity index (χ2v) is 6.10. The van der Waals surface area contributed by atoms with Crippen LogP contribution < -0.4 is 0 Å². The fourth-order valence-electron chi connectivity index (χ4n) is 2.31. The van der Waals surface area contributed by atoms with Gasteiger partial charge in [0.2, 0.25) is 0 Å². The minimum absolute atomic E-state index is 0.0112. The number of carbonyl (C=O) groups excluding carboxylic acids is 1. The largest absolute Gasteiger partial charge is 0.372 e. The van der Waals surface area contributed by atoms with E-state index in [1.807, 2.05) is 37.1 Å². The van der Waals surface area contributed by atoms with E-state index in [0.717, 1.165) is 4.90 Å². The van der Waals surface area contributed by atoms with Crippen molar-refractivity contribution in [1.29, 1.82) is 0 Å². The van der Waals surface area contributed by atoms with Crippen LogP contribution in [-0.4, -0.2) is 42.4 Å². The summed E-state index contributed by atoms with van der Waals surface area (Å²) in [5.74, 6) is -0.0112. The third-order valence-corrected chi connectivity index (χ3v) is 4.17. The Labute approximate surface area is 123 Å². The normalized spacial score (nSPS) is 23.5. The Morgan fingerprint density at radius 3 is 2.58 bits per heavy atom. The van der Waals surface area contributed by atoms with E-state index in [2.05, 4.69) is 0 Å². The standard InChI is InChI=1S/C14H18ClNO2S/c1-9-7-16(8-10(2)18-9)14(17)12-6-11(19-3)4-5-13(12)15/h4-6,9-10H,7-8H2,1-3H3/t9-,10-/m0/s1. The fourth-order valence-corrected chi connectivity index (χ4v) is 2.95.